The number of esters is 1. The van der Waals surface area contributed by atoms with Gasteiger partial charge >= 0.3 is 5.97 Å². The Morgan fingerprint density at radius 1 is 1.62 bits per heavy atom. The van der Waals surface area contributed by atoms with Crippen LogP contribution in [0.15, 0.2) is 12.2 Å². The van der Waals surface area contributed by atoms with E-state index < -0.39 is 0 Å². The molecule has 3 nitrogen and oxygen atoms in total. The van der Waals surface area contributed by atoms with Gasteiger partial charge in [0, 0.05) is 11.5 Å². The third kappa shape index (κ3) is 3.59. The molecule has 0 atom stereocenters. The van der Waals surface area contributed by atoms with Crippen LogP contribution < -0.4 is 0 Å². The Labute approximate surface area is 78.7 Å². The average Bonchev–Trinajstić information content (AvgIpc) is 2.00. The molecule has 0 aromatic carbocycles. The first-order valence-electron chi connectivity index (χ1n) is 4.60. The van der Waals surface area contributed by atoms with Crippen LogP contribution in [0.25, 0.3) is 0 Å². The summed E-state index contributed by atoms with van der Waals surface area (Å²) in [6.07, 6.45) is 2.01. The van der Waals surface area contributed by atoms with Crippen LogP contribution in [0.4, 0.5) is 0 Å². The van der Waals surface area contributed by atoms with Gasteiger partial charge in [0.25, 0.3) is 0 Å². The summed E-state index contributed by atoms with van der Waals surface area (Å²) in [5.74, 6) is 0.397. The minimum atomic E-state index is -0.287. The molecule has 1 fully saturated rings. The van der Waals surface area contributed by atoms with Gasteiger partial charge in [-0.25, -0.2) is 4.79 Å². The lowest BCUT2D eigenvalue weighted by Crippen LogP contribution is -2.27. The Kier molecular flexibility index (Phi) is 3.96. The fourth-order valence-electron chi connectivity index (χ4n) is 1.11. The van der Waals surface area contributed by atoms with Gasteiger partial charge in [-0.3, -0.25) is 0 Å². The highest BCUT2D eigenvalue weighted by Gasteiger charge is 2.17. The minimum Gasteiger partial charge on any atom is -0.462 e. The van der Waals surface area contributed by atoms with E-state index in [0.29, 0.717) is 18.1 Å². The van der Waals surface area contributed by atoms with Crippen LogP contribution in [0.1, 0.15) is 19.8 Å². The first-order valence-corrected chi connectivity index (χ1v) is 4.60. The fraction of sp³-hybridized carbons (Fsp3) is 0.700. The molecule has 1 saturated heterocycles. The van der Waals surface area contributed by atoms with E-state index in [-0.39, 0.29) is 5.97 Å². The minimum absolute atomic E-state index is 0.287. The summed E-state index contributed by atoms with van der Waals surface area (Å²) in [5.41, 5.74) is 0.465. The molecule has 13 heavy (non-hydrogen) atoms. The van der Waals surface area contributed by atoms with Gasteiger partial charge in [-0.05, 0) is 19.8 Å². The maximum absolute atomic E-state index is 10.9. The molecule has 0 bridgehead atoms. The summed E-state index contributed by atoms with van der Waals surface area (Å²) in [7, 11) is 0. The Morgan fingerprint density at radius 2 is 2.31 bits per heavy atom. The van der Waals surface area contributed by atoms with Gasteiger partial charge in [-0.15, -0.1) is 0 Å². The Bertz CT molecular complexity index is 194. The first-order chi connectivity index (χ1) is 6.20. The lowest BCUT2D eigenvalue weighted by atomic mass is 10.0. The van der Waals surface area contributed by atoms with Gasteiger partial charge in [0.2, 0.25) is 0 Å². The zero-order valence-corrected chi connectivity index (χ0v) is 8.04. The summed E-state index contributed by atoms with van der Waals surface area (Å²) in [6, 6.07) is 0. The van der Waals surface area contributed by atoms with Crippen molar-refractivity contribution in [1.82, 2.24) is 0 Å². The van der Waals surface area contributed by atoms with Gasteiger partial charge in [0.15, 0.2) is 0 Å². The van der Waals surface area contributed by atoms with Crippen LogP contribution in [0, 0.1) is 5.92 Å². The zero-order valence-electron chi connectivity index (χ0n) is 8.04. The second kappa shape index (κ2) is 5.02. The average molecular weight is 184 g/mol. The molecule has 1 heterocycles. The number of hydrogen-bond acceptors (Lipinski definition) is 3. The largest absolute Gasteiger partial charge is 0.462 e. The quantitative estimate of drug-likeness (QED) is 0.369. The molecule has 0 saturated carbocycles. The number of rotatable bonds is 5. The van der Waals surface area contributed by atoms with Crippen molar-refractivity contribution in [2.75, 3.05) is 19.8 Å². The van der Waals surface area contributed by atoms with E-state index in [1.165, 1.54) is 0 Å². The number of hydrogen-bond donors (Lipinski definition) is 0. The summed E-state index contributed by atoms with van der Waals surface area (Å²) < 4.78 is 9.97. The lowest BCUT2D eigenvalue weighted by molar-refractivity contribution is -0.139. The molecule has 0 aromatic heterocycles. The van der Waals surface area contributed by atoms with Gasteiger partial charge in [-0.1, -0.05) is 6.58 Å². The van der Waals surface area contributed by atoms with Crippen molar-refractivity contribution in [1.29, 1.82) is 0 Å². The molecule has 3 heteroatoms. The van der Waals surface area contributed by atoms with Crippen LogP contribution in [0.5, 0.6) is 0 Å². The monoisotopic (exact) mass is 184 g/mol. The van der Waals surface area contributed by atoms with E-state index in [1.807, 2.05) is 0 Å². The third-order valence-electron chi connectivity index (χ3n) is 2.05. The summed E-state index contributed by atoms with van der Waals surface area (Å²) in [6.45, 7) is 7.40. The van der Waals surface area contributed by atoms with Crippen LogP contribution in [-0.2, 0) is 14.3 Å². The molecule has 1 aliphatic heterocycles. The normalized spacial score (nSPS) is 16.4. The highest BCUT2D eigenvalue weighted by atomic mass is 16.5. The third-order valence-corrected chi connectivity index (χ3v) is 2.05. The highest BCUT2D eigenvalue weighted by Crippen LogP contribution is 2.15. The second-order valence-corrected chi connectivity index (χ2v) is 3.46. The smallest absolute Gasteiger partial charge is 0.333 e. The molecule has 74 valence electrons. The number of carbonyl (C=O) groups excluding carboxylic acids is 1. The van der Waals surface area contributed by atoms with Crippen LogP contribution in [0.2, 0.25) is 0 Å². The molecule has 0 amide bonds. The van der Waals surface area contributed by atoms with Gasteiger partial charge in [0.1, 0.15) is 0 Å². The summed E-state index contributed by atoms with van der Waals surface area (Å²) in [4.78, 5) is 10.9. The zero-order chi connectivity index (χ0) is 9.68. The van der Waals surface area contributed by atoms with Crippen molar-refractivity contribution in [3.63, 3.8) is 0 Å². The molecular formula is C10H16O3. The first kappa shape index (κ1) is 10.3. The van der Waals surface area contributed by atoms with Gasteiger partial charge in [0.05, 0.1) is 19.8 Å². The second-order valence-electron chi connectivity index (χ2n) is 3.46. The SMILES string of the molecule is C=C(C)C(=O)OCCCC1COC1. The van der Waals surface area contributed by atoms with Crippen LogP contribution >= 0.6 is 0 Å². The number of carbonyl (C=O) groups is 1. The molecule has 0 aromatic rings. The lowest BCUT2D eigenvalue weighted by Gasteiger charge is -2.25. The molecule has 0 N–H and O–H groups in total. The predicted octanol–water partition coefficient (Wildman–Crippen LogP) is 1.53. The van der Waals surface area contributed by atoms with Crippen molar-refractivity contribution in [2.24, 2.45) is 5.92 Å². The van der Waals surface area contributed by atoms with E-state index >= 15 is 0 Å². The van der Waals surface area contributed by atoms with Crippen LogP contribution in [-0.4, -0.2) is 25.8 Å². The molecule has 0 unspecified atom stereocenters. The van der Waals surface area contributed by atoms with Crippen LogP contribution in [0.3, 0.4) is 0 Å². The van der Waals surface area contributed by atoms with Crippen molar-refractivity contribution >= 4 is 5.97 Å². The Hall–Kier alpha value is -0.830. The summed E-state index contributed by atoms with van der Waals surface area (Å²) in [5, 5.41) is 0. The predicted molar refractivity (Wildman–Crippen MR) is 49.3 cm³/mol. The molecule has 0 radical (unpaired) electrons. The van der Waals surface area contributed by atoms with E-state index in [9.17, 15) is 4.79 Å². The Balaban J connectivity index is 1.94. The van der Waals surface area contributed by atoms with Crippen molar-refractivity contribution < 1.29 is 14.3 Å². The molecule has 1 aliphatic rings. The van der Waals surface area contributed by atoms with Crippen molar-refractivity contribution in [3.8, 4) is 0 Å². The molecule has 0 spiro atoms. The molecular weight excluding hydrogens is 168 g/mol. The fourth-order valence-corrected chi connectivity index (χ4v) is 1.11. The maximum atomic E-state index is 10.9. The van der Waals surface area contributed by atoms with Gasteiger partial charge < -0.3 is 9.47 Å². The highest BCUT2D eigenvalue weighted by molar-refractivity contribution is 5.86. The van der Waals surface area contributed by atoms with E-state index in [0.717, 1.165) is 26.1 Å². The molecule has 0 aliphatic carbocycles. The van der Waals surface area contributed by atoms with Crippen molar-refractivity contribution in [2.45, 2.75) is 19.8 Å². The van der Waals surface area contributed by atoms with E-state index in [2.05, 4.69) is 6.58 Å². The topological polar surface area (TPSA) is 35.5 Å². The standard InChI is InChI=1S/C10H16O3/c1-8(2)10(11)13-5-3-4-9-6-12-7-9/h9H,1,3-7H2,2H3. The Morgan fingerprint density at radius 3 is 2.77 bits per heavy atom. The maximum Gasteiger partial charge on any atom is 0.333 e. The number of ether oxygens (including phenoxy) is 2. The molecule has 1 rings (SSSR count). The summed E-state index contributed by atoms with van der Waals surface area (Å²) >= 11 is 0. The van der Waals surface area contributed by atoms with Crippen molar-refractivity contribution in [3.05, 3.63) is 12.2 Å². The van der Waals surface area contributed by atoms with E-state index in [4.69, 9.17) is 9.47 Å². The van der Waals surface area contributed by atoms with E-state index in [1.54, 1.807) is 6.92 Å². The van der Waals surface area contributed by atoms with Gasteiger partial charge in [-0.2, -0.15) is 0 Å².